The lowest BCUT2D eigenvalue weighted by Gasteiger charge is -2.49. The van der Waals surface area contributed by atoms with E-state index in [1.54, 1.807) is 12.1 Å². The molecule has 6 rings (SSSR count). The number of carbonyl (C=O) groups is 1. The van der Waals surface area contributed by atoms with Gasteiger partial charge in [-0.1, -0.05) is 47.7 Å². The highest BCUT2D eigenvalue weighted by atomic mass is 19.1. The van der Waals surface area contributed by atoms with Crippen molar-refractivity contribution in [3.05, 3.63) is 83.4 Å². The zero-order valence-electron chi connectivity index (χ0n) is 20.2. The van der Waals surface area contributed by atoms with Crippen LogP contribution in [0.25, 0.3) is 0 Å². The number of aromatic nitrogens is 3. The molecule has 8 heteroatoms. The van der Waals surface area contributed by atoms with Gasteiger partial charge in [-0.15, -0.1) is 5.10 Å². The van der Waals surface area contributed by atoms with E-state index in [0.717, 1.165) is 56.8 Å². The van der Waals surface area contributed by atoms with E-state index in [4.69, 9.17) is 0 Å². The Morgan fingerprint density at radius 3 is 2.66 bits per heavy atom. The molecule has 35 heavy (non-hydrogen) atoms. The van der Waals surface area contributed by atoms with E-state index < -0.39 is 0 Å². The van der Waals surface area contributed by atoms with Gasteiger partial charge in [-0.2, -0.15) is 0 Å². The number of rotatable bonds is 9. The minimum atomic E-state index is -0.262. The van der Waals surface area contributed by atoms with Crippen molar-refractivity contribution in [3.63, 3.8) is 0 Å². The Morgan fingerprint density at radius 2 is 1.91 bits per heavy atom. The van der Waals surface area contributed by atoms with Crippen molar-refractivity contribution in [1.82, 2.24) is 30.1 Å². The van der Waals surface area contributed by atoms with Crippen LogP contribution in [0.4, 0.5) is 4.39 Å². The molecule has 3 aliphatic rings. The number of nitrogens with zero attached hydrogens (tertiary/aromatic N) is 5. The lowest BCUT2D eigenvalue weighted by atomic mass is 9.75. The Kier molecular flexibility index (Phi) is 7.20. The molecule has 4 atom stereocenters. The number of nitrogens with one attached hydrogen (secondary N) is 1. The monoisotopic (exact) mass is 476 g/mol. The number of benzene rings is 2. The van der Waals surface area contributed by atoms with Crippen molar-refractivity contribution < 1.29 is 9.18 Å². The number of carbonyl (C=O) groups excluding carboxylic acids is 1. The van der Waals surface area contributed by atoms with E-state index in [1.165, 1.54) is 17.7 Å². The quantitative estimate of drug-likeness (QED) is 0.514. The SMILES string of the molecule is CN(Cc1ccccc1)Cc1cn(C[C@H]2C[C@H]3CCN2C[C@@H]3C(=O)NCc2ccc(F)cc2)nn1. The third-order valence-electron chi connectivity index (χ3n) is 7.31. The predicted octanol–water partition coefficient (Wildman–Crippen LogP) is 3.08. The van der Waals surface area contributed by atoms with Crippen LogP contribution in [0.15, 0.2) is 60.8 Å². The molecule has 1 N–H and O–H groups in total. The summed E-state index contributed by atoms with van der Waals surface area (Å²) in [7, 11) is 2.10. The van der Waals surface area contributed by atoms with Gasteiger partial charge in [0.15, 0.2) is 0 Å². The number of halogens is 1. The van der Waals surface area contributed by atoms with Crippen LogP contribution in [0, 0.1) is 17.7 Å². The molecule has 4 heterocycles. The van der Waals surface area contributed by atoms with E-state index in [1.807, 2.05) is 10.7 Å². The molecule has 0 radical (unpaired) electrons. The van der Waals surface area contributed by atoms with Gasteiger partial charge < -0.3 is 5.32 Å². The summed E-state index contributed by atoms with van der Waals surface area (Å²) in [4.78, 5) is 17.6. The van der Waals surface area contributed by atoms with Crippen LogP contribution in [-0.4, -0.2) is 56.9 Å². The van der Waals surface area contributed by atoms with Crippen molar-refractivity contribution >= 4 is 5.91 Å². The molecule has 184 valence electrons. The minimum absolute atomic E-state index is 0.0124. The first-order valence-corrected chi connectivity index (χ1v) is 12.4. The molecule has 1 amide bonds. The maximum absolute atomic E-state index is 13.1. The summed E-state index contributed by atoms with van der Waals surface area (Å²) < 4.78 is 15.1. The summed E-state index contributed by atoms with van der Waals surface area (Å²) in [5.41, 5.74) is 3.16. The molecule has 7 nitrogen and oxygen atoms in total. The highest BCUT2D eigenvalue weighted by Crippen LogP contribution is 2.37. The van der Waals surface area contributed by atoms with Crippen molar-refractivity contribution in [1.29, 1.82) is 0 Å². The standard InChI is InChI=1S/C27H33FN6O/c1-32(15-21-5-3-2-4-6-21)16-24-17-34(31-30-24)18-25-13-22-11-12-33(25)19-26(22)27(35)29-14-20-7-9-23(28)10-8-20/h2-10,17,22,25-26H,11-16,18-19H2,1H3,(H,29,35)/t22-,25-,26+/m1/s1. The smallest absolute Gasteiger partial charge is 0.224 e. The van der Waals surface area contributed by atoms with Gasteiger partial charge in [0.2, 0.25) is 5.91 Å². The summed E-state index contributed by atoms with van der Waals surface area (Å²) in [6.45, 7) is 4.67. The van der Waals surface area contributed by atoms with Gasteiger partial charge in [-0.3, -0.25) is 19.3 Å². The molecule has 1 aromatic heterocycles. The van der Waals surface area contributed by atoms with Gasteiger partial charge in [-0.05, 0) is 55.6 Å². The lowest BCUT2D eigenvalue weighted by molar-refractivity contribution is -0.133. The lowest BCUT2D eigenvalue weighted by Crippen LogP contribution is -2.58. The molecule has 3 saturated heterocycles. The Bertz CT molecular complexity index is 1120. The van der Waals surface area contributed by atoms with Crippen molar-refractivity contribution in [2.24, 2.45) is 11.8 Å². The molecular weight excluding hydrogens is 443 g/mol. The van der Waals surface area contributed by atoms with Crippen LogP contribution in [0.5, 0.6) is 0 Å². The second-order valence-electron chi connectivity index (χ2n) is 9.97. The summed E-state index contributed by atoms with van der Waals surface area (Å²) in [5.74, 6) is 0.241. The molecule has 2 aromatic carbocycles. The summed E-state index contributed by atoms with van der Waals surface area (Å²) in [6, 6.07) is 17.1. The molecule has 0 aliphatic carbocycles. The molecule has 3 fully saturated rings. The largest absolute Gasteiger partial charge is 0.352 e. The van der Waals surface area contributed by atoms with Crippen LogP contribution >= 0.6 is 0 Å². The molecule has 3 aliphatic heterocycles. The van der Waals surface area contributed by atoms with Crippen LogP contribution in [0.3, 0.4) is 0 Å². The van der Waals surface area contributed by atoms with Crippen LogP contribution in [-0.2, 0) is 31.0 Å². The maximum Gasteiger partial charge on any atom is 0.224 e. The molecule has 1 unspecified atom stereocenters. The third-order valence-corrected chi connectivity index (χ3v) is 7.31. The normalized spacial score (nSPS) is 23.5. The van der Waals surface area contributed by atoms with E-state index in [0.29, 0.717) is 18.5 Å². The van der Waals surface area contributed by atoms with E-state index in [9.17, 15) is 9.18 Å². The highest BCUT2D eigenvalue weighted by Gasteiger charge is 2.43. The second kappa shape index (κ2) is 10.7. The van der Waals surface area contributed by atoms with Crippen molar-refractivity contribution in [3.8, 4) is 0 Å². The molecule has 0 saturated carbocycles. The van der Waals surface area contributed by atoms with Crippen molar-refractivity contribution in [2.45, 2.75) is 45.1 Å². The Hall–Kier alpha value is -3.10. The van der Waals surface area contributed by atoms with Gasteiger partial charge in [0.1, 0.15) is 5.82 Å². The average molecular weight is 477 g/mol. The zero-order chi connectivity index (χ0) is 24.2. The maximum atomic E-state index is 13.1. The van der Waals surface area contributed by atoms with Crippen LogP contribution in [0.1, 0.15) is 29.7 Å². The first-order chi connectivity index (χ1) is 17.0. The van der Waals surface area contributed by atoms with Gasteiger partial charge >= 0.3 is 0 Å². The molecule has 2 bridgehead atoms. The summed E-state index contributed by atoms with van der Waals surface area (Å²) in [5, 5.41) is 11.8. The fourth-order valence-electron chi connectivity index (χ4n) is 5.49. The predicted molar refractivity (Wildman–Crippen MR) is 131 cm³/mol. The number of amides is 1. The van der Waals surface area contributed by atoms with Gasteiger partial charge in [-0.25, -0.2) is 4.39 Å². The first-order valence-electron chi connectivity index (χ1n) is 12.4. The van der Waals surface area contributed by atoms with E-state index in [-0.39, 0.29) is 17.6 Å². The Balaban J connectivity index is 1.11. The molecule has 0 spiro atoms. The highest BCUT2D eigenvalue weighted by molar-refractivity contribution is 5.79. The van der Waals surface area contributed by atoms with Crippen LogP contribution < -0.4 is 5.32 Å². The summed E-state index contributed by atoms with van der Waals surface area (Å²) in [6.07, 6.45) is 4.10. The third kappa shape index (κ3) is 5.94. The van der Waals surface area contributed by atoms with E-state index >= 15 is 0 Å². The van der Waals surface area contributed by atoms with Crippen molar-refractivity contribution in [2.75, 3.05) is 20.1 Å². The number of fused-ring (bicyclic) bond motifs is 3. The zero-order valence-corrected chi connectivity index (χ0v) is 20.2. The van der Waals surface area contributed by atoms with Gasteiger partial charge in [0, 0.05) is 38.4 Å². The Labute approximate surface area is 205 Å². The van der Waals surface area contributed by atoms with Gasteiger partial charge in [0.25, 0.3) is 0 Å². The molecule has 3 aromatic rings. The Morgan fingerprint density at radius 1 is 1.11 bits per heavy atom. The number of piperidine rings is 3. The number of hydrogen-bond donors (Lipinski definition) is 1. The number of hydrogen-bond acceptors (Lipinski definition) is 5. The van der Waals surface area contributed by atoms with E-state index in [2.05, 4.69) is 62.9 Å². The topological polar surface area (TPSA) is 66.3 Å². The fourth-order valence-corrected chi connectivity index (χ4v) is 5.49. The second-order valence-corrected chi connectivity index (χ2v) is 9.97. The average Bonchev–Trinajstić information content (AvgIpc) is 3.30. The summed E-state index contributed by atoms with van der Waals surface area (Å²) >= 11 is 0. The molecular formula is C27H33FN6O. The first kappa shape index (κ1) is 23.6. The van der Waals surface area contributed by atoms with Crippen LogP contribution in [0.2, 0.25) is 0 Å². The minimum Gasteiger partial charge on any atom is -0.352 e. The fraction of sp³-hybridized carbons (Fsp3) is 0.444. The van der Waals surface area contributed by atoms with Gasteiger partial charge in [0.05, 0.1) is 18.2 Å².